The SMILES string of the molecule is C=COB(Cl)Cl. The average molecular weight is 125 g/mol. The Balaban J connectivity index is 2.81. The van der Waals surface area contributed by atoms with Crippen molar-refractivity contribution in [3.63, 3.8) is 0 Å². The predicted octanol–water partition coefficient (Wildman–Crippen LogP) is 1.61. The van der Waals surface area contributed by atoms with E-state index >= 15 is 0 Å². The molecule has 0 saturated heterocycles. The summed E-state index contributed by atoms with van der Waals surface area (Å²) in [4.78, 5) is 0. The summed E-state index contributed by atoms with van der Waals surface area (Å²) >= 11 is 10.1. The van der Waals surface area contributed by atoms with Crippen molar-refractivity contribution in [2.75, 3.05) is 0 Å². The van der Waals surface area contributed by atoms with Gasteiger partial charge in [-0.3, -0.25) is 0 Å². The van der Waals surface area contributed by atoms with Crippen LogP contribution in [0.1, 0.15) is 0 Å². The number of rotatable bonds is 2. The fourth-order valence-corrected chi connectivity index (χ4v) is 0.218. The molecule has 1 nitrogen and oxygen atoms in total. The van der Waals surface area contributed by atoms with Crippen LogP contribution < -0.4 is 0 Å². The highest BCUT2D eigenvalue weighted by Gasteiger charge is 2.02. The van der Waals surface area contributed by atoms with E-state index in [1.165, 1.54) is 6.26 Å². The Labute approximate surface area is 46.8 Å². The normalized spacial score (nSPS) is 7.00. The van der Waals surface area contributed by atoms with Crippen LogP contribution in [0.15, 0.2) is 12.8 Å². The van der Waals surface area contributed by atoms with Crippen LogP contribution in [-0.2, 0) is 4.65 Å². The molecule has 0 atom stereocenters. The van der Waals surface area contributed by atoms with Gasteiger partial charge in [-0.05, 0) is 0 Å². The monoisotopic (exact) mass is 124 g/mol. The van der Waals surface area contributed by atoms with Gasteiger partial charge in [0.2, 0.25) is 0 Å². The Morgan fingerprint density at radius 1 is 1.67 bits per heavy atom. The third-order valence-corrected chi connectivity index (χ3v) is 0.405. The lowest BCUT2D eigenvalue weighted by Crippen LogP contribution is -1.92. The molecule has 4 heteroatoms. The molecule has 0 aromatic heterocycles. The molecule has 0 aromatic rings. The van der Waals surface area contributed by atoms with Crippen molar-refractivity contribution < 1.29 is 4.65 Å². The summed E-state index contributed by atoms with van der Waals surface area (Å²) in [5, 5.41) is 0. The highest BCUT2D eigenvalue weighted by molar-refractivity contribution is 7.30. The van der Waals surface area contributed by atoms with Gasteiger partial charge < -0.3 is 4.65 Å². The van der Waals surface area contributed by atoms with E-state index < -0.39 is 5.75 Å². The molecule has 0 heterocycles. The zero-order chi connectivity index (χ0) is 4.99. The van der Waals surface area contributed by atoms with Crippen LogP contribution >= 0.6 is 22.9 Å². The van der Waals surface area contributed by atoms with Gasteiger partial charge in [0.05, 0.1) is 6.26 Å². The van der Waals surface area contributed by atoms with Crippen molar-refractivity contribution in [1.29, 1.82) is 0 Å². The molecule has 0 N–H and O–H groups in total. The number of hydrogen-bond donors (Lipinski definition) is 0. The first-order valence-electron chi connectivity index (χ1n) is 1.32. The Morgan fingerprint density at radius 3 is 2.17 bits per heavy atom. The maximum Gasteiger partial charge on any atom is 0.575 e. The number of hydrogen-bond acceptors (Lipinski definition) is 1. The molecular weight excluding hydrogens is 122 g/mol. The van der Waals surface area contributed by atoms with E-state index in [0.29, 0.717) is 0 Å². The quantitative estimate of drug-likeness (QED) is 0.402. The van der Waals surface area contributed by atoms with Crippen LogP contribution in [0.4, 0.5) is 0 Å². The van der Waals surface area contributed by atoms with Crippen molar-refractivity contribution in [2.45, 2.75) is 0 Å². The molecule has 0 aliphatic heterocycles. The predicted molar refractivity (Wildman–Crippen MR) is 28.7 cm³/mol. The fraction of sp³-hybridized carbons (Fsp3) is 0. The summed E-state index contributed by atoms with van der Waals surface area (Å²) < 4.78 is 4.34. The van der Waals surface area contributed by atoms with E-state index in [4.69, 9.17) is 22.9 Å². The highest BCUT2D eigenvalue weighted by atomic mass is 35.5. The summed E-state index contributed by atoms with van der Waals surface area (Å²) in [7, 11) is 0. The first-order valence-corrected chi connectivity index (χ1v) is 2.19. The van der Waals surface area contributed by atoms with Crippen molar-refractivity contribution in [3.05, 3.63) is 12.8 Å². The second-order valence-electron chi connectivity index (χ2n) is 0.563. The maximum atomic E-state index is 5.05. The zero-order valence-electron chi connectivity index (χ0n) is 3.03. The summed E-state index contributed by atoms with van der Waals surface area (Å²) in [6, 6.07) is 0. The molecule has 0 amide bonds. The van der Waals surface area contributed by atoms with Crippen LogP contribution in [0.3, 0.4) is 0 Å². The van der Waals surface area contributed by atoms with Crippen LogP contribution in [0.5, 0.6) is 0 Å². The van der Waals surface area contributed by atoms with Crippen molar-refractivity contribution in [1.82, 2.24) is 0 Å². The Hall–Kier alpha value is 0.185. The van der Waals surface area contributed by atoms with Gasteiger partial charge in [0.25, 0.3) is 0 Å². The fourth-order valence-electron chi connectivity index (χ4n) is 0.0727. The van der Waals surface area contributed by atoms with Gasteiger partial charge in [0, 0.05) is 0 Å². The molecule has 0 aliphatic carbocycles. The van der Waals surface area contributed by atoms with E-state index in [1.807, 2.05) is 0 Å². The Morgan fingerprint density at radius 2 is 2.17 bits per heavy atom. The van der Waals surface area contributed by atoms with Crippen molar-refractivity contribution >= 4 is 28.7 Å². The largest absolute Gasteiger partial charge is 0.575 e. The van der Waals surface area contributed by atoms with Gasteiger partial charge in [-0.15, -0.1) is 22.9 Å². The summed E-state index contributed by atoms with van der Waals surface area (Å²) in [6.07, 6.45) is 1.19. The summed E-state index contributed by atoms with van der Waals surface area (Å²) in [5.74, 6) is -0.775. The van der Waals surface area contributed by atoms with E-state index in [9.17, 15) is 0 Å². The zero-order valence-corrected chi connectivity index (χ0v) is 4.54. The molecule has 0 saturated carbocycles. The van der Waals surface area contributed by atoms with E-state index in [-0.39, 0.29) is 0 Å². The van der Waals surface area contributed by atoms with E-state index in [1.54, 1.807) is 0 Å². The Bertz CT molecular complexity index is 46.8. The third-order valence-electron chi connectivity index (χ3n) is 0.199. The lowest BCUT2D eigenvalue weighted by Gasteiger charge is -1.89. The maximum absolute atomic E-state index is 5.05. The molecule has 0 aliphatic rings. The molecule has 0 bridgehead atoms. The van der Waals surface area contributed by atoms with Gasteiger partial charge in [-0.1, -0.05) is 6.58 Å². The van der Waals surface area contributed by atoms with Crippen molar-refractivity contribution in [3.8, 4) is 0 Å². The number of halogens is 2. The molecule has 6 heavy (non-hydrogen) atoms. The van der Waals surface area contributed by atoms with Crippen LogP contribution in [0, 0.1) is 0 Å². The van der Waals surface area contributed by atoms with Gasteiger partial charge in [0.15, 0.2) is 0 Å². The Kier molecular flexibility index (Phi) is 3.48. The first-order chi connectivity index (χ1) is 2.77. The smallest absolute Gasteiger partial charge is 0.540 e. The van der Waals surface area contributed by atoms with Crippen LogP contribution in [0.25, 0.3) is 0 Å². The van der Waals surface area contributed by atoms with Gasteiger partial charge in [-0.25, -0.2) is 0 Å². The highest BCUT2D eigenvalue weighted by Crippen LogP contribution is 1.95. The second-order valence-corrected chi connectivity index (χ2v) is 1.58. The minimum absolute atomic E-state index is 0.775. The molecule has 0 aromatic carbocycles. The van der Waals surface area contributed by atoms with Crippen LogP contribution in [-0.4, -0.2) is 5.75 Å². The van der Waals surface area contributed by atoms with E-state index in [0.717, 1.165) is 0 Å². The molecule has 0 spiro atoms. The molecule has 34 valence electrons. The molecule has 0 fully saturated rings. The second kappa shape index (κ2) is 3.38. The van der Waals surface area contributed by atoms with Gasteiger partial charge in [0.1, 0.15) is 0 Å². The molecular formula is C2H3BCl2O. The lowest BCUT2D eigenvalue weighted by atomic mass is 10.5. The summed E-state index contributed by atoms with van der Waals surface area (Å²) in [6.45, 7) is 3.21. The standard InChI is InChI=1S/C2H3BCl2O/c1-2-6-3(4)5/h2H,1H2. The van der Waals surface area contributed by atoms with Crippen LogP contribution in [0.2, 0.25) is 0 Å². The van der Waals surface area contributed by atoms with E-state index in [2.05, 4.69) is 11.2 Å². The lowest BCUT2D eigenvalue weighted by molar-refractivity contribution is 0.525. The minimum Gasteiger partial charge on any atom is -0.540 e. The molecule has 0 unspecified atom stereocenters. The topological polar surface area (TPSA) is 9.23 Å². The summed E-state index contributed by atoms with van der Waals surface area (Å²) in [5.41, 5.74) is 0. The molecule has 0 rings (SSSR count). The molecule has 0 radical (unpaired) electrons. The average Bonchev–Trinajstić information content (AvgIpc) is 1.35. The minimum atomic E-state index is -0.775. The first kappa shape index (κ1) is 6.18. The van der Waals surface area contributed by atoms with Gasteiger partial charge >= 0.3 is 5.75 Å². The van der Waals surface area contributed by atoms with Gasteiger partial charge in [-0.2, -0.15) is 0 Å². The third kappa shape index (κ3) is 4.18. The van der Waals surface area contributed by atoms with Crippen molar-refractivity contribution in [2.24, 2.45) is 0 Å².